The largest absolute Gasteiger partial charge is 1.00 e. The first-order valence-corrected chi connectivity index (χ1v) is 1.39. The molecular formula is C2H3LiO4. The SMILES string of the molecule is COC1([O-])OO1.[Li+]. The number of rotatable bonds is 1. The molecule has 36 valence electrons. The molecule has 1 rings (SSSR count). The molecule has 0 aromatic rings. The van der Waals surface area contributed by atoms with E-state index in [0.717, 1.165) is 0 Å². The van der Waals surface area contributed by atoms with Crippen molar-refractivity contribution in [1.82, 2.24) is 0 Å². The predicted octanol–water partition coefficient (Wildman–Crippen LogP) is -4.43. The Morgan fingerprint density at radius 1 is 1.57 bits per heavy atom. The van der Waals surface area contributed by atoms with Crippen molar-refractivity contribution in [2.24, 2.45) is 0 Å². The molecule has 0 atom stereocenters. The summed E-state index contributed by atoms with van der Waals surface area (Å²) in [7, 11) is 1.21. The van der Waals surface area contributed by atoms with Crippen molar-refractivity contribution in [3.63, 3.8) is 0 Å². The topological polar surface area (TPSA) is 57.4 Å². The fraction of sp³-hybridized carbons (Fsp3) is 1.00. The minimum absolute atomic E-state index is 0. The number of hydrogen-bond donors (Lipinski definition) is 0. The molecule has 1 fully saturated rings. The Kier molecular flexibility index (Phi) is 2.27. The monoisotopic (exact) mass is 98.0 g/mol. The quantitative estimate of drug-likeness (QED) is 0.144. The van der Waals surface area contributed by atoms with Gasteiger partial charge in [0.25, 0.3) is 6.16 Å². The fourth-order valence-electron chi connectivity index (χ4n) is 0.102. The van der Waals surface area contributed by atoms with Crippen LogP contribution in [0, 0.1) is 0 Å². The molecule has 0 amide bonds. The van der Waals surface area contributed by atoms with Crippen molar-refractivity contribution in [3.05, 3.63) is 0 Å². The van der Waals surface area contributed by atoms with Crippen molar-refractivity contribution >= 4 is 0 Å². The second-order valence-corrected chi connectivity index (χ2v) is 0.871. The Bertz CT molecular complexity index is 60.7. The second kappa shape index (κ2) is 2.14. The molecule has 1 saturated heterocycles. The average Bonchev–Trinajstić information content (AvgIpc) is 2.22. The van der Waals surface area contributed by atoms with Crippen LogP contribution >= 0.6 is 0 Å². The summed E-state index contributed by atoms with van der Waals surface area (Å²) in [6.07, 6.45) is -1.96. The van der Waals surface area contributed by atoms with E-state index in [0.29, 0.717) is 0 Å². The maximum absolute atomic E-state index is 9.92. The number of ether oxygens (including phenoxy) is 1. The molecule has 0 aromatic heterocycles. The molecule has 0 aliphatic carbocycles. The van der Waals surface area contributed by atoms with Crippen LogP contribution in [0.3, 0.4) is 0 Å². The van der Waals surface area contributed by atoms with Gasteiger partial charge in [-0.05, 0) is 0 Å². The Balaban J connectivity index is 0.000000360. The smallest absolute Gasteiger partial charge is 0.778 e. The molecule has 0 aromatic carbocycles. The second-order valence-electron chi connectivity index (χ2n) is 0.871. The van der Waals surface area contributed by atoms with Crippen LogP contribution < -0.4 is 24.0 Å². The van der Waals surface area contributed by atoms with Crippen molar-refractivity contribution in [3.8, 4) is 0 Å². The molecule has 1 heterocycles. The minimum atomic E-state index is -1.96. The van der Waals surface area contributed by atoms with Crippen LogP contribution in [-0.2, 0) is 14.5 Å². The van der Waals surface area contributed by atoms with Crippen LogP contribution in [0.5, 0.6) is 0 Å². The zero-order valence-corrected chi connectivity index (χ0v) is 4.13. The van der Waals surface area contributed by atoms with Gasteiger partial charge in [0.15, 0.2) is 0 Å². The van der Waals surface area contributed by atoms with Crippen molar-refractivity contribution in [2.45, 2.75) is 6.16 Å². The van der Waals surface area contributed by atoms with Gasteiger partial charge in [0.05, 0.1) is 0 Å². The molecule has 1 aliphatic rings. The first-order valence-electron chi connectivity index (χ1n) is 1.39. The van der Waals surface area contributed by atoms with Crippen LogP contribution in [-0.4, -0.2) is 13.3 Å². The van der Waals surface area contributed by atoms with Crippen LogP contribution in [0.4, 0.5) is 0 Å². The van der Waals surface area contributed by atoms with E-state index >= 15 is 0 Å². The van der Waals surface area contributed by atoms with Gasteiger partial charge in [-0.15, -0.1) is 0 Å². The molecule has 0 N–H and O–H groups in total. The molecule has 4 nitrogen and oxygen atoms in total. The van der Waals surface area contributed by atoms with Crippen molar-refractivity contribution in [2.75, 3.05) is 7.11 Å². The Hall–Kier alpha value is 0.437. The summed E-state index contributed by atoms with van der Waals surface area (Å²) in [6, 6.07) is 0. The first kappa shape index (κ1) is 7.44. The summed E-state index contributed by atoms with van der Waals surface area (Å²) in [5.74, 6) is 0. The van der Waals surface area contributed by atoms with Gasteiger partial charge in [0, 0.05) is 7.11 Å². The summed E-state index contributed by atoms with van der Waals surface area (Å²) in [5.41, 5.74) is 0. The average molecular weight is 98.0 g/mol. The maximum atomic E-state index is 9.92. The molecule has 0 saturated carbocycles. The van der Waals surface area contributed by atoms with Gasteiger partial charge in [0.2, 0.25) is 0 Å². The zero-order valence-electron chi connectivity index (χ0n) is 4.13. The summed E-state index contributed by atoms with van der Waals surface area (Å²) in [6.45, 7) is 0. The summed E-state index contributed by atoms with van der Waals surface area (Å²) < 4.78 is 4.05. The van der Waals surface area contributed by atoms with Crippen LogP contribution in [0.1, 0.15) is 0 Å². The summed E-state index contributed by atoms with van der Waals surface area (Å²) >= 11 is 0. The van der Waals surface area contributed by atoms with E-state index in [2.05, 4.69) is 14.5 Å². The van der Waals surface area contributed by atoms with Crippen LogP contribution in [0.2, 0.25) is 0 Å². The third kappa shape index (κ3) is 1.78. The molecular weight excluding hydrogens is 95.0 g/mol. The van der Waals surface area contributed by atoms with Gasteiger partial charge in [0.1, 0.15) is 0 Å². The van der Waals surface area contributed by atoms with Gasteiger partial charge in [-0.2, -0.15) is 9.78 Å². The van der Waals surface area contributed by atoms with Crippen molar-refractivity contribution < 1.29 is 38.5 Å². The molecule has 5 heteroatoms. The van der Waals surface area contributed by atoms with E-state index < -0.39 is 6.16 Å². The normalized spacial score (nSPS) is 23.1. The Labute approximate surface area is 52.5 Å². The van der Waals surface area contributed by atoms with E-state index in [1.807, 2.05) is 0 Å². The van der Waals surface area contributed by atoms with E-state index in [9.17, 15) is 5.11 Å². The maximum Gasteiger partial charge on any atom is 1.00 e. The summed E-state index contributed by atoms with van der Waals surface area (Å²) in [5, 5.41) is 9.92. The number of methoxy groups -OCH3 is 1. The first-order chi connectivity index (χ1) is 2.77. The van der Waals surface area contributed by atoms with E-state index in [-0.39, 0.29) is 18.9 Å². The van der Waals surface area contributed by atoms with Crippen LogP contribution in [0.15, 0.2) is 0 Å². The van der Waals surface area contributed by atoms with Gasteiger partial charge in [-0.3, -0.25) is 0 Å². The van der Waals surface area contributed by atoms with Gasteiger partial charge in [-0.1, -0.05) is 0 Å². The summed E-state index contributed by atoms with van der Waals surface area (Å²) in [4.78, 5) is 7.53. The minimum Gasteiger partial charge on any atom is -0.778 e. The third-order valence-electron chi connectivity index (χ3n) is 0.469. The molecule has 0 bridgehead atoms. The van der Waals surface area contributed by atoms with E-state index in [1.165, 1.54) is 7.11 Å². The number of hydrogen-bond acceptors (Lipinski definition) is 4. The molecule has 1 aliphatic heterocycles. The van der Waals surface area contributed by atoms with Crippen molar-refractivity contribution in [1.29, 1.82) is 0 Å². The molecule has 0 spiro atoms. The van der Waals surface area contributed by atoms with Gasteiger partial charge in [-0.25, -0.2) is 0 Å². The molecule has 0 radical (unpaired) electrons. The van der Waals surface area contributed by atoms with Gasteiger partial charge >= 0.3 is 18.9 Å². The Morgan fingerprint density at radius 3 is 2.00 bits per heavy atom. The predicted molar refractivity (Wildman–Crippen MR) is 11.9 cm³/mol. The third-order valence-corrected chi connectivity index (χ3v) is 0.469. The van der Waals surface area contributed by atoms with E-state index in [1.54, 1.807) is 0 Å². The molecule has 7 heavy (non-hydrogen) atoms. The zero-order chi connectivity index (χ0) is 4.62. The van der Waals surface area contributed by atoms with Crippen LogP contribution in [0.25, 0.3) is 0 Å². The fourth-order valence-corrected chi connectivity index (χ4v) is 0.102. The standard InChI is InChI=1S/C2H3O4.Li/c1-4-2(3)5-6-2;/h1H3;/q-1;+1. The Morgan fingerprint density at radius 2 is 2.00 bits per heavy atom. The molecule has 0 unspecified atom stereocenters. The van der Waals surface area contributed by atoms with Gasteiger partial charge < -0.3 is 9.84 Å². The van der Waals surface area contributed by atoms with E-state index in [4.69, 9.17) is 0 Å².